The molecule has 0 aliphatic rings. The highest BCUT2D eigenvalue weighted by Gasteiger charge is 2.21. The Morgan fingerprint density at radius 1 is 0.358 bits per heavy atom. The standard InChI is InChI=1S/C73H46N8/c1-75-57-30-36-61(37-31-57)80(62-38-32-58(76-2)33-39-62)65-41-44-72-68(47-65)67-46-64(79(59-19-11-5-12-20-59)60-21-13-6-14-22-60)40-43-71(67)81(72)63-34-27-51(28-35-63)50-23-25-52(26-24-50)55-29-42-66(56(45-55)49-74)70-48-69(53-15-7-3-8-16-53)77-73(78-70)54-17-9-4-10-18-54/h3-48H. The second-order valence-electron chi connectivity index (χ2n) is 19.5. The molecule has 0 amide bonds. The molecule has 13 aromatic rings. The largest absolute Gasteiger partial charge is 0.311 e. The van der Waals surface area contributed by atoms with E-state index in [1.807, 2.05) is 140 Å². The molecule has 2 heterocycles. The Morgan fingerprint density at radius 2 is 0.765 bits per heavy atom. The van der Waals surface area contributed by atoms with Gasteiger partial charge < -0.3 is 14.4 Å². The average molecular weight is 1040 g/mol. The number of nitrogens with zero attached hydrogens (tertiary/aromatic N) is 8. The van der Waals surface area contributed by atoms with Crippen LogP contribution in [0.15, 0.2) is 279 Å². The molecule has 81 heavy (non-hydrogen) atoms. The molecular weight excluding hydrogens is 989 g/mol. The molecular formula is C73H46N8. The molecule has 378 valence electrons. The molecule has 0 spiro atoms. The highest BCUT2D eigenvalue weighted by molar-refractivity contribution is 6.12. The molecule has 0 saturated heterocycles. The summed E-state index contributed by atoms with van der Waals surface area (Å²) in [7, 11) is 0. The van der Waals surface area contributed by atoms with Gasteiger partial charge in [0.25, 0.3) is 0 Å². The van der Waals surface area contributed by atoms with Gasteiger partial charge in [0.2, 0.25) is 0 Å². The van der Waals surface area contributed by atoms with Crippen molar-refractivity contribution in [3.8, 4) is 67.9 Å². The maximum Gasteiger partial charge on any atom is 0.187 e. The molecule has 0 fully saturated rings. The molecule has 8 heteroatoms. The lowest BCUT2D eigenvalue weighted by atomic mass is 9.95. The fraction of sp³-hybridized carbons (Fsp3) is 0. The number of hydrogen-bond donors (Lipinski definition) is 0. The van der Waals surface area contributed by atoms with Gasteiger partial charge in [-0.05, 0) is 131 Å². The van der Waals surface area contributed by atoms with Crippen molar-refractivity contribution in [3.63, 3.8) is 0 Å². The fourth-order valence-electron chi connectivity index (χ4n) is 10.7. The average Bonchev–Trinajstić information content (AvgIpc) is 4.02. The molecule has 0 saturated carbocycles. The monoisotopic (exact) mass is 1030 g/mol. The highest BCUT2D eigenvalue weighted by Crippen LogP contribution is 2.44. The van der Waals surface area contributed by atoms with E-state index in [0.29, 0.717) is 28.5 Å². The van der Waals surface area contributed by atoms with Crippen molar-refractivity contribution in [2.75, 3.05) is 9.80 Å². The zero-order valence-electron chi connectivity index (χ0n) is 43.6. The topological polar surface area (TPSA) is 69.7 Å². The Bertz CT molecular complexity index is 4400. The van der Waals surface area contributed by atoms with Crippen LogP contribution in [0.25, 0.3) is 93.3 Å². The molecule has 0 unspecified atom stereocenters. The minimum absolute atomic E-state index is 0.530. The van der Waals surface area contributed by atoms with Gasteiger partial charge in [-0.15, -0.1) is 0 Å². The molecule has 0 N–H and O–H groups in total. The molecule has 11 aromatic carbocycles. The first-order valence-corrected chi connectivity index (χ1v) is 26.5. The van der Waals surface area contributed by atoms with E-state index in [0.717, 1.165) is 106 Å². The summed E-state index contributed by atoms with van der Waals surface area (Å²) in [5.41, 5.74) is 18.7. The van der Waals surface area contributed by atoms with Crippen molar-refractivity contribution in [2.45, 2.75) is 0 Å². The maximum atomic E-state index is 10.6. The molecule has 0 radical (unpaired) electrons. The molecule has 8 nitrogen and oxygen atoms in total. The number of aromatic nitrogens is 3. The summed E-state index contributed by atoms with van der Waals surface area (Å²) in [6, 6.07) is 97.1. The van der Waals surface area contributed by atoms with Crippen molar-refractivity contribution < 1.29 is 0 Å². The smallest absolute Gasteiger partial charge is 0.187 e. The normalized spacial score (nSPS) is 10.9. The van der Waals surface area contributed by atoms with Gasteiger partial charge in [0.1, 0.15) is 0 Å². The van der Waals surface area contributed by atoms with E-state index in [9.17, 15) is 5.26 Å². The Kier molecular flexibility index (Phi) is 12.9. The first kappa shape index (κ1) is 49.0. The number of rotatable bonds is 12. The third-order valence-electron chi connectivity index (χ3n) is 14.7. The van der Waals surface area contributed by atoms with Crippen LogP contribution < -0.4 is 9.80 Å². The van der Waals surface area contributed by atoms with Crippen molar-refractivity contribution >= 4 is 67.3 Å². The first-order chi connectivity index (χ1) is 40.0. The van der Waals surface area contributed by atoms with E-state index >= 15 is 0 Å². The van der Waals surface area contributed by atoms with Crippen LogP contribution >= 0.6 is 0 Å². The number of benzene rings is 11. The Morgan fingerprint density at radius 3 is 1.25 bits per heavy atom. The van der Waals surface area contributed by atoms with Crippen molar-refractivity contribution in [1.82, 2.24) is 14.5 Å². The van der Waals surface area contributed by atoms with Crippen molar-refractivity contribution in [3.05, 3.63) is 307 Å². The lowest BCUT2D eigenvalue weighted by molar-refractivity contribution is 1.18. The molecule has 13 rings (SSSR count). The molecule has 0 aliphatic heterocycles. The van der Waals surface area contributed by atoms with Gasteiger partial charge in [-0.2, -0.15) is 5.26 Å². The quantitative estimate of drug-likeness (QED) is 0.114. The van der Waals surface area contributed by atoms with E-state index in [1.54, 1.807) is 0 Å². The van der Waals surface area contributed by atoms with Crippen LogP contribution in [-0.4, -0.2) is 14.5 Å². The van der Waals surface area contributed by atoms with Gasteiger partial charge in [0, 0.05) is 67.3 Å². The summed E-state index contributed by atoms with van der Waals surface area (Å²) in [4.78, 5) is 21.7. The van der Waals surface area contributed by atoms with Gasteiger partial charge >= 0.3 is 0 Å². The van der Waals surface area contributed by atoms with Crippen molar-refractivity contribution in [1.29, 1.82) is 5.26 Å². The highest BCUT2D eigenvalue weighted by atomic mass is 15.2. The molecule has 0 atom stereocenters. The van der Waals surface area contributed by atoms with E-state index in [1.165, 1.54) is 0 Å². The van der Waals surface area contributed by atoms with Gasteiger partial charge in [-0.3, -0.25) is 0 Å². The van der Waals surface area contributed by atoms with Crippen LogP contribution in [0, 0.1) is 24.5 Å². The third-order valence-corrected chi connectivity index (χ3v) is 14.7. The molecule has 2 aromatic heterocycles. The summed E-state index contributed by atoms with van der Waals surface area (Å²) in [5.74, 6) is 0.600. The number of fused-ring (bicyclic) bond motifs is 3. The van der Waals surface area contributed by atoms with Crippen molar-refractivity contribution in [2.24, 2.45) is 0 Å². The van der Waals surface area contributed by atoms with Crippen LogP contribution in [0.3, 0.4) is 0 Å². The minimum atomic E-state index is 0.530. The van der Waals surface area contributed by atoms with Gasteiger partial charge in [0.15, 0.2) is 17.2 Å². The fourth-order valence-corrected chi connectivity index (χ4v) is 10.7. The maximum absolute atomic E-state index is 10.6. The van der Waals surface area contributed by atoms with E-state index in [2.05, 4.69) is 170 Å². The lowest BCUT2D eigenvalue weighted by Crippen LogP contribution is -2.09. The van der Waals surface area contributed by atoms with Gasteiger partial charge in [-0.1, -0.05) is 170 Å². The van der Waals surface area contributed by atoms with E-state index in [-0.39, 0.29) is 0 Å². The summed E-state index contributed by atoms with van der Waals surface area (Å²) < 4.78 is 2.34. The summed E-state index contributed by atoms with van der Waals surface area (Å²) in [6.45, 7) is 15.3. The number of anilines is 6. The zero-order chi connectivity index (χ0) is 54.7. The Labute approximate surface area is 469 Å². The SMILES string of the molecule is [C-]#[N+]c1ccc(N(c2ccc([N+]#[C-])cc2)c2ccc3c(c2)c2cc(N(c4ccccc4)c4ccccc4)ccc2n3-c2ccc(-c3ccc(-c4ccc(-c5cc(-c6ccccc6)nc(-c6ccccc6)n5)c(C#N)c4)cc3)cc2)cc1. The second kappa shape index (κ2) is 21.4. The van der Waals surface area contributed by atoms with Crippen LogP contribution in [-0.2, 0) is 0 Å². The second-order valence-corrected chi connectivity index (χ2v) is 19.5. The first-order valence-electron chi connectivity index (χ1n) is 26.5. The van der Waals surface area contributed by atoms with Crippen LogP contribution in [0.4, 0.5) is 45.5 Å². The zero-order valence-corrected chi connectivity index (χ0v) is 43.6. The Hall–Kier alpha value is -11.6. The number of nitriles is 1. The third kappa shape index (κ3) is 9.57. The summed E-state index contributed by atoms with van der Waals surface area (Å²) in [6.07, 6.45) is 0. The van der Waals surface area contributed by atoms with Gasteiger partial charge in [0.05, 0.1) is 47.2 Å². The van der Waals surface area contributed by atoms with Crippen LogP contribution in [0.2, 0.25) is 0 Å². The Balaban J connectivity index is 0.868. The van der Waals surface area contributed by atoms with Crippen LogP contribution in [0.1, 0.15) is 5.56 Å². The predicted molar refractivity (Wildman–Crippen MR) is 330 cm³/mol. The number of para-hydroxylation sites is 2. The predicted octanol–water partition coefficient (Wildman–Crippen LogP) is 19.8. The van der Waals surface area contributed by atoms with Crippen LogP contribution in [0.5, 0.6) is 0 Å². The van der Waals surface area contributed by atoms with E-state index < -0.39 is 0 Å². The summed E-state index contributed by atoms with van der Waals surface area (Å²) in [5, 5.41) is 12.7. The lowest BCUT2D eigenvalue weighted by Gasteiger charge is -2.26. The molecule has 0 aliphatic carbocycles. The molecule has 0 bridgehead atoms. The minimum Gasteiger partial charge on any atom is -0.311 e. The van der Waals surface area contributed by atoms with E-state index in [4.69, 9.17) is 23.1 Å². The van der Waals surface area contributed by atoms with Gasteiger partial charge in [-0.25, -0.2) is 19.7 Å². The summed E-state index contributed by atoms with van der Waals surface area (Å²) >= 11 is 0. The number of hydrogen-bond acceptors (Lipinski definition) is 5.